The Bertz CT molecular complexity index is 762. The number of hydrogen-bond donors (Lipinski definition) is 3. The summed E-state index contributed by atoms with van der Waals surface area (Å²) in [5, 5.41) is 9.55. The van der Waals surface area contributed by atoms with Crippen LogP contribution in [0.4, 0.5) is 5.69 Å². The summed E-state index contributed by atoms with van der Waals surface area (Å²) in [6.45, 7) is 5.20. The van der Waals surface area contributed by atoms with Gasteiger partial charge in [-0.2, -0.15) is 0 Å². The van der Waals surface area contributed by atoms with E-state index in [2.05, 4.69) is 4.72 Å². The van der Waals surface area contributed by atoms with Crippen LogP contribution in [0.15, 0.2) is 6.07 Å². The van der Waals surface area contributed by atoms with Crippen molar-refractivity contribution in [2.75, 3.05) is 18.1 Å². The zero-order chi connectivity index (χ0) is 18.2. The highest BCUT2D eigenvalue weighted by atomic mass is 32.2. The van der Waals surface area contributed by atoms with Crippen LogP contribution in [-0.2, 0) is 15.4 Å². The highest BCUT2D eigenvalue weighted by molar-refractivity contribution is 7.92. The van der Waals surface area contributed by atoms with Gasteiger partial charge in [-0.25, -0.2) is 13.2 Å². The minimum atomic E-state index is -3.82. The minimum Gasteiger partial charge on any atom is -0.494 e. The lowest BCUT2D eigenvalue weighted by Crippen LogP contribution is -2.24. The molecule has 0 atom stereocenters. The predicted molar refractivity (Wildman–Crippen MR) is 85.6 cm³/mol. The van der Waals surface area contributed by atoms with Gasteiger partial charge in [-0.15, -0.1) is 0 Å². The molecular weight excluding hydrogens is 324 g/mol. The van der Waals surface area contributed by atoms with Gasteiger partial charge in [0.15, 0.2) is 5.75 Å². The monoisotopic (exact) mass is 344 g/mol. The van der Waals surface area contributed by atoms with Gasteiger partial charge in [-0.3, -0.25) is 9.52 Å². The molecule has 1 rings (SSSR count). The minimum absolute atomic E-state index is 0.103. The number of amides is 1. The van der Waals surface area contributed by atoms with Crippen LogP contribution in [0.3, 0.4) is 0 Å². The van der Waals surface area contributed by atoms with E-state index < -0.39 is 27.3 Å². The van der Waals surface area contributed by atoms with E-state index in [0.29, 0.717) is 0 Å². The summed E-state index contributed by atoms with van der Waals surface area (Å²) in [7, 11) is -2.62. The van der Waals surface area contributed by atoms with Gasteiger partial charge < -0.3 is 15.6 Å². The zero-order valence-electron chi connectivity index (χ0n) is 13.6. The zero-order valence-corrected chi connectivity index (χ0v) is 14.4. The maximum absolute atomic E-state index is 11.7. The molecule has 0 bridgehead atoms. The second-order valence-electron chi connectivity index (χ2n) is 6.05. The molecule has 0 aliphatic heterocycles. The first-order valence-corrected chi connectivity index (χ1v) is 8.45. The van der Waals surface area contributed by atoms with E-state index in [1.54, 1.807) is 20.8 Å². The summed E-state index contributed by atoms with van der Waals surface area (Å²) in [6, 6.07) is 1.32. The molecule has 0 aliphatic carbocycles. The average Bonchev–Trinajstić information content (AvgIpc) is 2.33. The summed E-state index contributed by atoms with van der Waals surface area (Å²) in [5.74, 6) is -2.44. The van der Waals surface area contributed by atoms with E-state index in [-0.39, 0.29) is 28.1 Å². The van der Waals surface area contributed by atoms with Gasteiger partial charge in [0.2, 0.25) is 10.0 Å². The number of ether oxygens (including phenoxy) is 1. The van der Waals surface area contributed by atoms with Crippen molar-refractivity contribution in [2.24, 2.45) is 5.73 Å². The largest absolute Gasteiger partial charge is 0.494 e. The molecular formula is C14H20N2O6S. The molecule has 9 heteroatoms. The third-order valence-electron chi connectivity index (χ3n) is 3.06. The fraction of sp³-hybridized carbons (Fsp3) is 0.429. The molecule has 23 heavy (non-hydrogen) atoms. The highest BCUT2D eigenvalue weighted by Crippen LogP contribution is 2.40. The van der Waals surface area contributed by atoms with Crippen molar-refractivity contribution >= 4 is 27.6 Å². The molecule has 0 aliphatic rings. The first-order chi connectivity index (χ1) is 10.3. The van der Waals surface area contributed by atoms with Crippen LogP contribution in [-0.4, -0.2) is 38.8 Å². The quantitative estimate of drug-likeness (QED) is 0.733. The molecule has 0 unspecified atom stereocenters. The average molecular weight is 344 g/mol. The number of methoxy groups -OCH3 is 1. The van der Waals surface area contributed by atoms with E-state index in [4.69, 9.17) is 10.5 Å². The molecule has 0 saturated carbocycles. The second kappa shape index (κ2) is 6.07. The Morgan fingerprint density at radius 2 is 1.83 bits per heavy atom. The van der Waals surface area contributed by atoms with E-state index in [1.807, 2.05) is 0 Å². The molecule has 0 spiro atoms. The lowest BCUT2D eigenvalue weighted by Gasteiger charge is -2.26. The van der Waals surface area contributed by atoms with E-state index in [9.17, 15) is 23.1 Å². The number of nitrogens with two attached hydrogens (primary N) is 1. The molecule has 0 radical (unpaired) electrons. The molecule has 0 saturated heterocycles. The second-order valence-corrected chi connectivity index (χ2v) is 7.80. The number of nitrogens with one attached hydrogen (secondary N) is 1. The first kappa shape index (κ1) is 18.8. The molecule has 0 aromatic heterocycles. The van der Waals surface area contributed by atoms with Crippen LogP contribution >= 0.6 is 0 Å². The van der Waals surface area contributed by atoms with Gasteiger partial charge in [0, 0.05) is 0 Å². The van der Waals surface area contributed by atoms with Crippen molar-refractivity contribution in [1.82, 2.24) is 0 Å². The van der Waals surface area contributed by atoms with Crippen molar-refractivity contribution in [3.63, 3.8) is 0 Å². The van der Waals surface area contributed by atoms with Gasteiger partial charge in [0.1, 0.15) is 5.69 Å². The van der Waals surface area contributed by atoms with Crippen molar-refractivity contribution in [2.45, 2.75) is 26.2 Å². The smallest absolute Gasteiger partial charge is 0.338 e. The Morgan fingerprint density at radius 1 is 1.30 bits per heavy atom. The number of carboxylic acid groups (broad SMARTS) is 1. The normalized spacial score (nSPS) is 11.9. The SMILES string of the molecule is COc1c(C(N)=O)cc(C(C)(C)C)c(C(=O)O)c1NS(C)(=O)=O. The Morgan fingerprint density at radius 3 is 2.13 bits per heavy atom. The van der Waals surface area contributed by atoms with Crippen LogP contribution in [0, 0.1) is 0 Å². The summed E-state index contributed by atoms with van der Waals surface area (Å²) >= 11 is 0. The number of carbonyl (C=O) groups is 2. The van der Waals surface area contributed by atoms with Gasteiger partial charge in [0.25, 0.3) is 5.91 Å². The maximum atomic E-state index is 11.7. The van der Waals surface area contributed by atoms with Crippen LogP contribution in [0.1, 0.15) is 47.1 Å². The van der Waals surface area contributed by atoms with E-state index in [1.165, 1.54) is 13.2 Å². The third-order valence-corrected chi connectivity index (χ3v) is 3.63. The Balaban J connectivity index is 4.03. The van der Waals surface area contributed by atoms with E-state index >= 15 is 0 Å². The number of primary amides is 1. The Hall–Kier alpha value is -2.29. The van der Waals surface area contributed by atoms with E-state index in [0.717, 1.165) is 6.26 Å². The lowest BCUT2D eigenvalue weighted by atomic mass is 9.81. The predicted octanol–water partition coefficient (Wildman–Crippen LogP) is 1.16. The van der Waals surface area contributed by atoms with Crippen molar-refractivity contribution in [1.29, 1.82) is 0 Å². The summed E-state index contributed by atoms with van der Waals surface area (Å²) in [4.78, 5) is 23.4. The van der Waals surface area contributed by atoms with Gasteiger partial charge in [0.05, 0.1) is 24.5 Å². The number of hydrogen-bond acceptors (Lipinski definition) is 5. The highest BCUT2D eigenvalue weighted by Gasteiger charge is 2.31. The van der Waals surface area contributed by atoms with Crippen LogP contribution in [0.25, 0.3) is 0 Å². The maximum Gasteiger partial charge on any atom is 0.338 e. The van der Waals surface area contributed by atoms with Gasteiger partial charge in [-0.05, 0) is 17.0 Å². The Labute approximate surface area is 134 Å². The number of anilines is 1. The lowest BCUT2D eigenvalue weighted by molar-refractivity contribution is 0.0694. The molecule has 128 valence electrons. The first-order valence-electron chi connectivity index (χ1n) is 6.56. The number of aromatic carboxylic acids is 1. The Kier molecular flexibility index (Phi) is 4.95. The summed E-state index contributed by atoms with van der Waals surface area (Å²) < 4.78 is 30.4. The number of benzene rings is 1. The van der Waals surface area contributed by atoms with Crippen molar-refractivity contribution in [3.05, 3.63) is 22.8 Å². The molecule has 1 aromatic rings. The van der Waals surface area contributed by atoms with Crippen molar-refractivity contribution in [3.8, 4) is 5.75 Å². The molecule has 0 heterocycles. The summed E-state index contributed by atoms with van der Waals surface area (Å²) in [5.41, 5.74) is 4.18. The third kappa shape index (κ3) is 4.13. The molecule has 1 aromatic carbocycles. The molecule has 0 fully saturated rings. The molecule has 8 nitrogen and oxygen atoms in total. The van der Waals surface area contributed by atoms with Crippen molar-refractivity contribution < 1.29 is 27.9 Å². The van der Waals surface area contributed by atoms with Gasteiger partial charge in [-0.1, -0.05) is 20.8 Å². The van der Waals surface area contributed by atoms with Crippen LogP contribution < -0.4 is 15.2 Å². The van der Waals surface area contributed by atoms with Gasteiger partial charge >= 0.3 is 5.97 Å². The summed E-state index contributed by atoms with van der Waals surface area (Å²) in [6.07, 6.45) is 0.867. The van der Waals surface area contributed by atoms with Crippen LogP contribution in [0.2, 0.25) is 0 Å². The fourth-order valence-electron chi connectivity index (χ4n) is 2.16. The molecule has 1 amide bonds. The standard InChI is InChI=1S/C14H20N2O6S/c1-14(2,3)8-6-7(12(15)17)11(22-4)10(9(8)13(18)19)16-23(5,20)21/h6,16H,1-5H3,(H2,15,17)(H,18,19). The fourth-order valence-corrected chi connectivity index (χ4v) is 2.72. The topological polar surface area (TPSA) is 136 Å². The van der Waals surface area contributed by atoms with Crippen LogP contribution in [0.5, 0.6) is 5.75 Å². The number of carboxylic acids is 1. The number of rotatable bonds is 5. The number of sulfonamides is 1. The molecule has 4 N–H and O–H groups in total. The number of carbonyl (C=O) groups excluding carboxylic acids is 1.